The van der Waals surface area contributed by atoms with Crippen LogP contribution in [0.5, 0.6) is 0 Å². The number of hydrogen-bond donors (Lipinski definition) is 1. The Hall–Kier alpha value is -1.02. The first-order valence-electron chi connectivity index (χ1n) is 4.22. The second-order valence-corrected chi connectivity index (χ2v) is 3.86. The molecule has 0 fully saturated rings. The maximum Gasteiger partial charge on any atom is 0.0634 e. The van der Waals surface area contributed by atoms with E-state index in [4.69, 9.17) is 0 Å². The highest BCUT2D eigenvalue weighted by Crippen LogP contribution is 2.16. The zero-order valence-corrected chi connectivity index (χ0v) is 8.66. The summed E-state index contributed by atoms with van der Waals surface area (Å²) in [5.41, 5.74) is 1.14. The Kier molecular flexibility index (Phi) is 2.50. The van der Waals surface area contributed by atoms with E-state index in [0.717, 1.165) is 10.2 Å². The highest BCUT2D eigenvalue weighted by atomic mass is 79.9. The monoisotopic (exact) mass is 235 g/mol. The second-order valence-electron chi connectivity index (χ2n) is 2.95. The van der Waals surface area contributed by atoms with Crippen LogP contribution < -0.4 is 5.32 Å². The van der Waals surface area contributed by atoms with E-state index in [1.54, 1.807) is 0 Å². The van der Waals surface area contributed by atoms with Crippen molar-refractivity contribution in [2.45, 2.75) is 6.04 Å². The summed E-state index contributed by atoms with van der Waals surface area (Å²) in [4.78, 5) is 0. The van der Waals surface area contributed by atoms with Crippen LogP contribution in [-0.4, -0.2) is 6.04 Å². The summed E-state index contributed by atoms with van der Waals surface area (Å²) in [6.07, 6.45) is 8.36. The molecule has 0 radical (unpaired) electrons. The van der Waals surface area contributed by atoms with Gasteiger partial charge in [0.15, 0.2) is 0 Å². The van der Waals surface area contributed by atoms with Crippen molar-refractivity contribution in [2.75, 3.05) is 5.32 Å². The molecule has 0 saturated heterocycles. The molecule has 0 bridgehead atoms. The summed E-state index contributed by atoms with van der Waals surface area (Å²) in [6.45, 7) is 0. The summed E-state index contributed by atoms with van der Waals surface area (Å²) in [6, 6.07) is 8.53. The van der Waals surface area contributed by atoms with Gasteiger partial charge >= 0.3 is 0 Å². The fraction of sp³-hybridized carbons (Fsp3) is 0.0909. The largest absolute Gasteiger partial charge is 0.375 e. The van der Waals surface area contributed by atoms with E-state index in [9.17, 15) is 0 Å². The molecule has 0 heterocycles. The van der Waals surface area contributed by atoms with Gasteiger partial charge in [-0.3, -0.25) is 0 Å². The van der Waals surface area contributed by atoms with Gasteiger partial charge in [-0.2, -0.15) is 0 Å². The highest BCUT2D eigenvalue weighted by Gasteiger charge is 2.01. The van der Waals surface area contributed by atoms with Crippen molar-refractivity contribution in [3.63, 3.8) is 0 Å². The molecule has 0 atom stereocenters. The van der Waals surface area contributed by atoms with E-state index >= 15 is 0 Å². The number of benzene rings is 1. The first-order chi connectivity index (χ1) is 6.34. The van der Waals surface area contributed by atoms with E-state index in [1.807, 2.05) is 12.1 Å². The number of allylic oxidation sites excluding steroid dienone is 2. The van der Waals surface area contributed by atoms with Crippen LogP contribution in [0.3, 0.4) is 0 Å². The molecule has 0 amide bonds. The molecule has 1 aliphatic rings. The minimum absolute atomic E-state index is 0.348. The van der Waals surface area contributed by atoms with E-state index < -0.39 is 0 Å². The molecule has 0 saturated carbocycles. The number of nitrogens with one attached hydrogen (secondary N) is 1. The van der Waals surface area contributed by atoms with E-state index in [0.29, 0.717) is 6.04 Å². The maximum atomic E-state index is 3.40. The molecule has 1 aromatic rings. The average Bonchev–Trinajstić information content (AvgIpc) is 2.62. The predicted octanol–water partition coefficient (Wildman–Crippen LogP) is 3.36. The first-order valence-corrected chi connectivity index (χ1v) is 5.01. The van der Waals surface area contributed by atoms with Gasteiger partial charge in [0.05, 0.1) is 6.04 Å². The van der Waals surface area contributed by atoms with Crippen LogP contribution in [0.1, 0.15) is 0 Å². The Bertz CT molecular complexity index is 326. The van der Waals surface area contributed by atoms with Crippen LogP contribution in [-0.2, 0) is 0 Å². The highest BCUT2D eigenvalue weighted by molar-refractivity contribution is 9.10. The SMILES string of the molecule is Brc1ccc(NC2C=CC=C2)cc1. The summed E-state index contributed by atoms with van der Waals surface area (Å²) < 4.78 is 1.11. The Balaban J connectivity index is 2.05. The molecule has 1 N–H and O–H groups in total. The predicted molar refractivity (Wildman–Crippen MR) is 59.8 cm³/mol. The number of hydrogen-bond acceptors (Lipinski definition) is 1. The van der Waals surface area contributed by atoms with Gasteiger partial charge in [0.25, 0.3) is 0 Å². The van der Waals surface area contributed by atoms with Crippen LogP contribution in [0.4, 0.5) is 5.69 Å². The molecule has 0 unspecified atom stereocenters. The van der Waals surface area contributed by atoms with Crippen molar-refractivity contribution in [1.29, 1.82) is 0 Å². The lowest BCUT2D eigenvalue weighted by Crippen LogP contribution is -2.11. The van der Waals surface area contributed by atoms with Crippen molar-refractivity contribution in [3.8, 4) is 0 Å². The Labute approximate surface area is 86.3 Å². The Morgan fingerprint density at radius 1 is 1.00 bits per heavy atom. The van der Waals surface area contributed by atoms with Crippen LogP contribution in [0.2, 0.25) is 0 Å². The molecule has 66 valence electrons. The van der Waals surface area contributed by atoms with Crippen molar-refractivity contribution >= 4 is 21.6 Å². The quantitative estimate of drug-likeness (QED) is 0.830. The molecule has 0 aromatic heterocycles. The number of halogens is 1. The lowest BCUT2D eigenvalue weighted by molar-refractivity contribution is 1.13. The average molecular weight is 236 g/mol. The third-order valence-corrected chi connectivity index (χ3v) is 2.45. The zero-order chi connectivity index (χ0) is 9.10. The fourth-order valence-corrected chi connectivity index (χ4v) is 1.53. The molecule has 13 heavy (non-hydrogen) atoms. The normalized spacial score (nSPS) is 15.2. The third kappa shape index (κ3) is 2.22. The molecule has 2 heteroatoms. The summed E-state index contributed by atoms with van der Waals surface area (Å²) in [7, 11) is 0. The van der Waals surface area contributed by atoms with Crippen molar-refractivity contribution in [1.82, 2.24) is 0 Å². The van der Waals surface area contributed by atoms with Gasteiger partial charge in [-0.1, -0.05) is 40.2 Å². The third-order valence-electron chi connectivity index (χ3n) is 1.93. The minimum atomic E-state index is 0.348. The molecule has 1 nitrogen and oxygen atoms in total. The lowest BCUT2D eigenvalue weighted by atomic mass is 10.2. The van der Waals surface area contributed by atoms with Crippen LogP contribution >= 0.6 is 15.9 Å². The van der Waals surface area contributed by atoms with Gasteiger partial charge in [-0.15, -0.1) is 0 Å². The van der Waals surface area contributed by atoms with Gasteiger partial charge < -0.3 is 5.32 Å². The Morgan fingerprint density at radius 3 is 2.23 bits per heavy atom. The number of rotatable bonds is 2. The molecule has 0 aliphatic heterocycles. The molecular formula is C11H10BrN. The Morgan fingerprint density at radius 2 is 1.62 bits per heavy atom. The van der Waals surface area contributed by atoms with E-state index in [-0.39, 0.29) is 0 Å². The molecule has 1 aromatic carbocycles. The second kappa shape index (κ2) is 3.79. The smallest absolute Gasteiger partial charge is 0.0634 e. The van der Waals surface area contributed by atoms with Gasteiger partial charge in [0.2, 0.25) is 0 Å². The molecular weight excluding hydrogens is 226 g/mol. The standard InChI is InChI=1S/C11H10BrN/c12-9-5-7-11(8-6-9)13-10-3-1-2-4-10/h1-8,10,13H. The van der Waals surface area contributed by atoms with Crippen molar-refractivity contribution in [2.24, 2.45) is 0 Å². The molecule has 2 rings (SSSR count). The summed E-state index contributed by atoms with van der Waals surface area (Å²) >= 11 is 3.40. The number of anilines is 1. The summed E-state index contributed by atoms with van der Waals surface area (Å²) in [5, 5.41) is 3.37. The van der Waals surface area contributed by atoms with Gasteiger partial charge in [-0.05, 0) is 24.3 Å². The van der Waals surface area contributed by atoms with E-state index in [1.165, 1.54) is 0 Å². The van der Waals surface area contributed by atoms with Gasteiger partial charge in [0, 0.05) is 10.2 Å². The first kappa shape index (κ1) is 8.57. The maximum absolute atomic E-state index is 3.40. The van der Waals surface area contributed by atoms with Crippen molar-refractivity contribution < 1.29 is 0 Å². The minimum Gasteiger partial charge on any atom is -0.375 e. The topological polar surface area (TPSA) is 12.0 Å². The van der Waals surface area contributed by atoms with Gasteiger partial charge in [-0.25, -0.2) is 0 Å². The van der Waals surface area contributed by atoms with Crippen molar-refractivity contribution in [3.05, 3.63) is 53.0 Å². The molecule has 1 aliphatic carbocycles. The zero-order valence-electron chi connectivity index (χ0n) is 7.07. The van der Waals surface area contributed by atoms with E-state index in [2.05, 4.69) is 57.7 Å². The van der Waals surface area contributed by atoms with Crippen LogP contribution in [0, 0.1) is 0 Å². The van der Waals surface area contributed by atoms with Crippen LogP contribution in [0.25, 0.3) is 0 Å². The lowest BCUT2D eigenvalue weighted by Gasteiger charge is -2.09. The summed E-state index contributed by atoms with van der Waals surface area (Å²) in [5.74, 6) is 0. The molecule has 0 spiro atoms. The van der Waals surface area contributed by atoms with Gasteiger partial charge in [0.1, 0.15) is 0 Å². The fourth-order valence-electron chi connectivity index (χ4n) is 1.27. The van der Waals surface area contributed by atoms with Crippen LogP contribution in [0.15, 0.2) is 53.0 Å².